The molecule has 1 aliphatic rings. The van der Waals surface area contributed by atoms with Gasteiger partial charge in [-0.25, -0.2) is 4.99 Å². The first kappa shape index (κ1) is 17.0. The Balaban J connectivity index is 1.94. The normalized spacial score (nSPS) is 18.0. The molecule has 0 N–H and O–H groups in total. The zero-order valence-corrected chi connectivity index (χ0v) is 15.1. The number of carbonyl (C=O) groups is 1. The Morgan fingerprint density at radius 2 is 2.00 bits per heavy atom. The van der Waals surface area contributed by atoms with Crippen molar-refractivity contribution in [3.05, 3.63) is 63.2 Å². The molecular formula is C17H13Cl2N3OS. The second-order valence-electron chi connectivity index (χ2n) is 4.93. The smallest absolute Gasteiger partial charge is 0.266 e. The number of halogens is 2. The van der Waals surface area contributed by atoms with Crippen LogP contribution in [0, 0.1) is 0 Å². The molecule has 24 heavy (non-hydrogen) atoms. The van der Waals surface area contributed by atoms with E-state index in [9.17, 15) is 4.79 Å². The van der Waals surface area contributed by atoms with Crippen molar-refractivity contribution in [3.8, 4) is 0 Å². The molecule has 1 saturated heterocycles. The molecule has 0 bridgehead atoms. The van der Waals surface area contributed by atoms with E-state index in [0.29, 0.717) is 32.4 Å². The van der Waals surface area contributed by atoms with Gasteiger partial charge in [0.05, 0.1) is 15.6 Å². The zero-order chi connectivity index (χ0) is 17.1. The van der Waals surface area contributed by atoms with Gasteiger partial charge < -0.3 is 0 Å². The zero-order valence-electron chi connectivity index (χ0n) is 12.7. The Morgan fingerprint density at radius 3 is 2.67 bits per heavy atom. The highest BCUT2D eigenvalue weighted by Gasteiger charge is 2.32. The summed E-state index contributed by atoms with van der Waals surface area (Å²) in [5.74, 6) is -0.0682. The van der Waals surface area contributed by atoms with E-state index in [0.717, 1.165) is 5.56 Å². The average molecular weight is 378 g/mol. The van der Waals surface area contributed by atoms with E-state index in [4.69, 9.17) is 23.2 Å². The lowest BCUT2D eigenvalue weighted by Gasteiger charge is -2.12. The lowest BCUT2D eigenvalue weighted by Crippen LogP contribution is -2.28. The molecule has 1 amide bonds. The molecule has 3 rings (SSSR count). The van der Waals surface area contributed by atoms with E-state index >= 15 is 0 Å². The Labute approximate surface area is 154 Å². The molecule has 1 aromatic heterocycles. The summed E-state index contributed by atoms with van der Waals surface area (Å²) in [5, 5.41) is 1.72. The number of likely N-dealkylation sites (N-methyl/N-ethyl adjacent to an activating group) is 1. The second-order valence-corrected chi connectivity index (χ2v) is 6.79. The SMILES string of the molecule is CCN1C(=O)/C(=C/c2ccc(Cl)cc2)SC1=Nc1ccncc1Cl. The van der Waals surface area contributed by atoms with Gasteiger partial charge in [-0.3, -0.25) is 14.7 Å². The van der Waals surface area contributed by atoms with Gasteiger partial charge in [0.15, 0.2) is 5.17 Å². The van der Waals surface area contributed by atoms with Gasteiger partial charge in [-0.1, -0.05) is 35.3 Å². The number of hydrogen-bond donors (Lipinski definition) is 0. The molecule has 0 unspecified atom stereocenters. The highest BCUT2D eigenvalue weighted by Crippen LogP contribution is 2.35. The number of hydrogen-bond acceptors (Lipinski definition) is 4. The van der Waals surface area contributed by atoms with Crippen molar-refractivity contribution in [3.63, 3.8) is 0 Å². The highest BCUT2D eigenvalue weighted by atomic mass is 35.5. The van der Waals surface area contributed by atoms with Gasteiger partial charge in [-0.2, -0.15) is 0 Å². The van der Waals surface area contributed by atoms with Crippen molar-refractivity contribution in [1.82, 2.24) is 9.88 Å². The van der Waals surface area contributed by atoms with E-state index in [1.54, 1.807) is 29.3 Å². The number of benzene rings is 1. The molecule has 7 heteroatoms. The summed E-state index contributed by atoms with van der Waals surface area (Å²) in [5.41, 5.74) is 1.50. The summed E-state index contributed by atoms with van der Waals surface area (Å²) in [6.45, 7) is 2.44. The van der Waals surface area contributed by atoms with Crippen LogP contribution in [0.25, 0.3) is 6.08 Å². The largest absolute Gasteiger partial charge is 0.287 e. The third-order valence-corrected chi connectivity index (χ3v) is 4.89. The molecule has 2 heterocycles. The Hall–Kier alpha value is -1.82. The van der Waals surface area contributed by atoms with Crippen molar-refractivity contribution >= 4 is 57.8 Å². The molecule has 0 spiro atoms. The minimum absolute atomic E-state index is 0.0682. The molecule has 2 aromatic rings. The molecule has 0 radical (unpaired) electrons. The van der Waals surface area contributed by atoms with Crippen LogP contribution in [0.1, 0.15) is 12.5 Å². The molecular weight excluding hydrogens is 365 g/mol. The summed E-state index contributed by atoms with van der Waals surface area (Å²) in [4.78, 5) is 23.3. The maximum Gasteiger partial charge on any atom is 0.266 e. The van der Waals surface area contributed by atoms with Crippen LogP contribution in [0.5, 0.6) is 0 Å². The molecule has 4 nitrogen and oxygen atoms in total. The van der Waals surface area contributed by atoms with E-state index in [-0.39, 0.29) is 5.91 Å². The van der Waals surface area contributed by atoms with E-state index in [1.165, 1.54) is 18.0 Å². The number of aliphatic imine (C=N–C) groups is 1. The first-order valence-corrected chi connectivity index (χ1v) is 8.81. The number of amides is 1. The van der Waals surface area contributed by atoms with Crippen LogP contribution in [0.4, 0.5) is 5.69 Å². The molecule has 0 atom stereocenters. The number of nitrogens with zero attached hydrogens (tertiary/aromatic N) is 3. The highest BCUT2D eigenvalue weighted by molar-refractivity contribution is 8.18. The fraction of sp³-hybridized carbons (Fsp3) is 0.118. The Morgan fingerprint density at radius 1 is 1.25 bits per heavy atom. The number of thioether (sulfide) groups is 1. The summed E-state index contributed by atoms with van der Waals surface area (Å²) in [7, 11) is 0. The lowest BCUT2D eigenvalue weighted by molar-refractivity contribution is -0.122. The number of rotatable bonds is 3. The van der Waals surface area contributed by atoms with Crippen molar-refractivity contribution in [2.24, 2.45) is 4.99 Å². The first-order valence-electron chi connectivity index (χ1n) is 7.23. The fourth-order valence-electron chi connectivity index (χ4n) is 2.14. The van der Waals surface area contributed by atoms with Gasteiger partial charge in [-0.05, 0) is 48.5 Å². The number of pyridine rings is 1. The van der Waals surface area contributed by atoms with Crippen LogP contribution in [-0.4, -0.2) is 27.5 Å². The first-order chi connectivity index (χ1) is 11.6. The predicted octanol–water partition coefficient (Wildman–Crippen LogP) is 5.01. The fourth-order valence-corrected chi connectivity index (χ4v) is 3.49. The minimum atomic E-state index is -0.0682. The van der Waals surface area contributed by atoms with Crippen LogP contribution in [0.3, 0.4) is 0 Å². The monoisotopic (exact) mass is 377 g/mol. The van der Waals surface area contributed by atoms with Crippen molar-refractivity contribution in [2.45, 2.75) is 6.92 Å². The van der Waals surface area contributed by atoms with E-state index < -0.39 is 0 Å². The third-order valence-electron chi connectivity index (χ3n) is 3.34. The van der Waals surface area contributed by atoms with Crippen LogP contribution in [-0.2, 0) is 4.79 Å². The molecule has 0 saturated carbocycles. The molecule has 0 aliphatic carbocycles. The average Bonchev–Trinajstić information content (AvgIpc) is 2.87. The van der Waals surface area contributed by atoms with Crippen LogP contribution >= 0.6 is 35.0 Å². The van der Waals surface area contributed by atoms with Gasteiger partial charge in [0.1, 0.15) is 0 Å². The summed E-state index contributed by atoms with van der Waals surface area (Å²) >= 11 is 13.3. The minimum Gasteiger partial charge on any atom is -0.287 e. The van der Waals surface area contributed by atoms with E-state index in [2.05, 4.69) is 9.98 Å². The van der Waals surface area contributed by atoms with Crippen molar-refractivity contribution in [1.29, 1.82) is 0 Å². The van der Waals surface area contributed by atoms with E-state index in [1.807, 2.05) is 25.1 Å². The quantitative estimate of drug-likeness (QED) is 0.705. The van der Waals surface area contributed by atoms with Gasteiger partial charge in [-0.15, -0.1) is 0 Å². The van der Waals surface area contributed by atoms with Crippen LogP contribution in [0.2, 0.25) is 10.0 Å². The summed E-state index contributed by atoms with van der Waals surface area (Å²) < 4.78 is 0. The summed E-state index contributed by atoms with van der Waals surface area (Å²) in [6.07, 6.45) is 4.99. The molecule has 1 aromatic carbocycles. The Kier molecular flexibility index (Phi) is 5.23. The maximum absolute atomic E-state index is 12.6. The van der Waals surface area contributed by atoms with Gasteiger partial charge >= 0.3 is 0 Å². The maximum atomic E-state index is 12.6. The topological polar surface area (TPSA) is 45.6 Å². The summed E-state index contributed by atoms with van der Waals surface area (Å²) in [6, 6.07) is 9.04. The number of amidine groups is 1. The van der Waals surface area contributed by atoms with Crippen LogP contribution < -0.4 is 0 Å². The molecule has 122 valence electrons. The van der Waals surface area contributed by atoms with Gasteiger partial charge in [0.2, 0.25) is 0 Å². The van der Waals surface area contributed by atoms with Crippen LogP contribution in [0.15, 0.2) is 52.6 Å². The second kappa shape index (κ2) is 7.38. The number of aromatic nitrogens is 1. The third kappa shape index (κ3) is 3.64. The Bertz CT molecular complexity index is 834. The van der Waals surface area contributed by atoms with Crippen molar-refractivity contribution < 1.29 is 4.79 Å². The molecule has 1 aliphatic heterocycles. The van der Waals surface area contributed by atoms with Crippen molar-refractivity contribution in [2.75, 3.05) is 6.54 Å². The number of carbonyl (C=O) groups excluding carboxylic acids is 1. The standard InChI is InChI=1S/C17H13Cl2N3OS/c1-2-22-16(23)15(9-11-3-5-12(18)6-4-11)24-17(22)21-14-7-8-20-10-13(14)19/h3-10H,2H2,1H3/b15-9-,21-17?. The van der Waals surface area contributed by atoms with Gasteiger partial charge in [0.25, 0.3) is 5.91 Å². The predicted molar refractivity (Wildman–Crippen MR) is 101 cm³/mol. The van der Waals surface area contributed by atoms with Gasteiger partial charge in [0, 0.05) is 24.0 Å². The lowest BCUT2D eigenvalue weighted by atomic mass is 10.2. The molecule has 1 fully saturated rings.